The predicted molar refractivity (Wildman–Crippen MR) is 128 cm³/mol. The number of hydrogen-bond donors (Lipinski definition) is 1. The van der Waals surface area contributed by atoms with Crippen molar-refractivity contribution in [1.29, 1.82) is 0 Å². The Kier molecular flexibility index (Phi) is 6.26. The molecule has 0 aliphatic rings. The van der Waals surface area contributed by atoms with Crippen molar-refractivity contribution >= 4 is 16.9 Å². The molecule has 4 rings (SSSR count). The quantitative estimate of drug-likeness (QED) is 0.422. The van der Waals surface area contributed by atoms with E-state index >= 15 is 0 Å². The fourth-order valence-electron chi connectivity index (χ4n) is 4.06. The summed E-state index contributed by atoms with van der Waals surface area (Å²) in [5, 5.41) is 3.10. The van der Waals surface area contributed by atoms with E-state index in [1.54, 1.807) is 0 Å². The Labute approximate surface area is 189 Å². The SMILES string of the molecule is Cc1cc(C)cc(OCCn2c(C(C)NC(=O)c3cccc(C)c3)nc3ccccc32)c1. The van der Waals surface area contributed by atoms with Gasteiger partial charge in [-0.25, -0.2) is 4.98 Å². The molecule has 0 aliphatic heterocycles. The summed E-state index contributed by atoms with van der Waals surface area (Å²) in [4.78, 5) is 17.6. The molecular weight excluding hydrogens is 398 g/mol. The Bertz CT molecular complexity index is 1240. The van der Waals surface area contributed by atoms with Gasteiger partial charge in [0.25, 0.3) is 5.91 Å². The highest BCUT2D eigenvalue weighted by molar-refractivity contribution is 5.94. The van der Waals surface area contributed by atoms with E-state index in [-0.39, 0.29) is 11.9 Å². The van der Waals surface area contributed by atoms with Crippen LogP contribution in [-0.4, -0.2) is 22.1 Å². The van der Waals surface area contributed by atoms with Crippen LogP contribution >= 0.6 is 0 Å². The number of hydrogen-bond acceptors (Lipinski definition) is 3. The molecule has 5 heteroatoms. The summed E-state index contributed by atoms with van der Waals surface area (Å²) in [6.07, 6.45) is 0. The number of para-hydroxylation sites is 2. The highest BCUT2D eigenvalue weighted by Gasteiger charge is 2.19. The summed E-state index contributed by atoms with van der Waals surface area (Å²) in [5.74, 6) is 1.58. The number of nitrogens with zero attached hydrogens (tertiary/aromatic N) is 2. The molecule has 32 heavy (non-hydrogen) atoms. The number of imidazole rings is 1. The van der Waals surface area contributed by atoms with Crippen LogP contribution in [0.5, 0.6) is 5.75 Å². The van der Waals surface area contributed by atoms with Crippen LogP contribution in [-0.2, 0) is 6.54 Å². The molecule has 1 atom stereocenters. The first-order valence-corrected chi connectivity index (χ1v) is 10.9. The lowest BCUT2D eigenvalue weighted by Crippen LogP contribution is -2.29. The lowest BCUT2D eigenvalue weighted by atomic mass is 10.1. The monoisotopic (exact) mass is 427 g/mol. The Morgan fingerprint density at radius 1 is 0.969 bits per heavy atom. The van der Waals surface area contributed by atoms with Gasteiger partial charge in [-0.2, -0.15) is 0 Å². The van der Waals surface area contributed by atoms with Crippen LogP contribution in [0.4, 0.5) is 0 Å². The second kappa shape index (κ2) is 9.27. The number of carbonyl (C=O) groups is 1. The summed E-state index contributed by atoms with van der Waals surface area (Å²) in [5.41, 5.74) is 6.01. The molecule has 0 aliphatic carbocycles. The zero-order valence-corrected chi connectivity index (χ0v) is 19.1. The van der Waals surface area contributed by atoms with Crippen LogP contribution in [0, 0.1) is 20.8 Å². The zero-order valence-electron chi connectivity index (χ0n) is 19.1. The van der Waals surface area contributed by atoms with E-state index < -0.39 is 0 Å². The fraction of sp³-hybridized carbons (Fsp3) is 0.259. The topological polar surface area (TPSA) is 56.1 Å². The molecule has 164 valence electrons. The molecule has 5 nitrogen and oxygen atoms in total. The van der Waals surface area contributed by atoms with Crippen molar-refractivity contribution in [3.63, 3.8) is 0 Å². The number of carbonyl (C=O) groups excluding carboxylic acids is 1. The third-order valence-electron chi connectivity index (χ3n) is 5.48. The van der Waals surface area contributed by atoms with Crippen molar-refractivity contribution < 1.29 is 9.53 Å². The third-order valence-corrected chi connectivity index (χ3v) is 5.48. The number of rotatable bonds is 7. The van der Waals surface area contributed by atoms with Crippen molar-refractivity contribution in [2.45, 2.75) is 40.3 Å². The van der Waals surface area contributed by atoms with Crippen LogP contribution in [0.2, 0.25) is 0 Å². The van der Waals surface area contributed by atoms with Gasteiger partial charge < -0.3 is 14.6 Å². The van der Waals surface area contributed by atoms with Crippen molar-refractivity contribution in [2.24, 2.45) is 0 Å². The van der Waals surface area contributed by atoms with Crippen molar-refractivity contribution in [3.05, 3.63) is 94.8 Å². The van der Waals surface area contributed by atoms with Crippen LogP contribution in [0.1, 0.15) is 45.8 Å². The zero-order chi connectivity index (χ0) is 22.7. The van der Waals surface area contributed by atoms with Crippen molar-refractivity contribution in [1.82, 2.24) is 14.9 Å². The van der Waals surface area contributed by atoms with Crippen molar-refractivity contribution in [2.75, 3.05) is 6.61 Å². The van der Waals surface area contributed by atoms with Crippen LogP contribution < -0.4 is 10.1 Å². The largest absolute Gasteiger partial charge is 0.492 e. The number of aromatic nitrogens is 2. The van der Waals surface area contributed by atoms with Gasteiger partial charge in [-0.3, -0.25) is 4.79 Å². The van der Waals surface area contributed by atoms with Crippen molar-refractivity contribution in [3.8, 4) is 5.75 Å². The van der Waals surface area contributed by atoms with Crippen LogP contribution in [0.15, 0.2) is 66.7 Å². The molecule has 0 saturated heterocycles. The number of benzene rings is 3. The third kappa shape index (κ3) is 4.83. The maximum absolute atomic E-state index is 12.8. The first-order valence-electron chi connectivity index (χ1n) is 10.9. The minimum atomic E-state index is -0.253. The smallest absolute Gasteiger partial charge is 0.251 e. The van der Waals surface area contributed by atoms with Gasteiger partial charge in [-0.1, -0.05) is 35.9 Å². The molecule has 0 spiro atoms. The Balaban J connectivity index is 1.54. The maximum atomic E-state index is 12.8. The van der Waals surface area contributed by atoms with Gasteiger partial charge in [0.1, 0.15) is 18.2 Å². The fourth-order valence-corrected chi connectivity index (χ4v) is 4.06. The Hall–Kier alpha value is -3.60. The lowest BCUT2D eigenvalue weighted by Gasteiger charge is -2.17. The number of fused-ring (bicyclic) bond motifs is 1. The Morgan fingerprint density at radius 3 is 2.47 bits per heavy atom. The molecule has 0 saturated carbocycles. The summed E-state index contributed by atoms with van der Waals surface area (Å²) in [6.45, 7) is 9.23. The molecule has 0 bridgehead atoms. The molecule has 1 unspecified atom stereocenters. The highest BCUT2D eigenvalue weighted by Crippen LogP contribution is 2.22. The van der Waals surface area contributed by atoms with Gasteiger partial charge in [0.15, 0.2) is 0 Å². The molecule has 4 aromatic rings. The van der Waals surface area contributed by atoms with E-state index in [1.165, 1.54) is 11.1 Å². The van der Waals surface area contributed by atoms with E-state index in [0.717, 1.165) is 28.2 Å². The minimum absolute atomic E-state index is 0.105. The first-order chi connectivity index (χ1) is 15.4. The van der Waals surface area contributed by atoms with E-state index in [0.29, 0.717) is 18.7 Å². The number of nitrogens with one attached hydrogen (secondary N) is 1. The second-order valence-corrected chi connectivity index (χ2v) is 8.35. The molecule has 0 fully saturated rings. The summed E-state index contributed by atoms with van der Waals surface area (Å²) in [6, 6.07) is 21.6. The first kappa shape index (κ1) is 21.6. The standard InChI is InChI=1S/C27H29N3O2/c1-18-8-7-9-22(15-18)27(31)28-21(4)26-29-24-10-5-6-11-25(24)30(26)12-13-32-23-16-19(2)14-20(3)17-23/h5-11,14-17,21H,12-13H2,1-4H3,(H,28,31). The van der Waals surface area contributed by atoms with Gasteiger partial charge in [-0.15, -0.1) is 0 Å². The molecule has 0 radical (unpaired) electrons. The molecule has 1 heterocycles. The molecule has 1 N–H and O–H groups in total. The summed E-state index contributed by atoms with van der Waals surface area (Å²) in [7, 11) is 0. The highest BCUT2D eigenvalue weighted by atomic mass is 16.5. The number of amides is 1. The number of ether oxygens (including phenoxy) is 1. The lowest BCUT2D eigenvalue weighted by molar-refractivity contribution is 0.0937. The molecule has 1 amide bonds. The van der Waals surface area contributed by atoms with Gasteiger partial charge in [0, 0.05) is 5.56 Å². The summed E-state index contributed by atoms with van der Waals surface area (Å²) >= 11 is 0. The predicted octanol–water partition coefficient (Wildman–Crippen LogP) is 5.53. The van der Waals surface area contributed by atoms with Crippen LogP contribution in [0.25, 0.3) is 11.0 Å². The van der Waals surface area contributed by atoms with Gasteiger partial charge in [0.05, 0.1) is 23.6 Å². The average Bonchev–Trinajstić information content (AvgIpc) is 3.12. The minimum Gasteiger partial charge on any atom is -0.492 e. The van der Waals surface area contributed by atoms with E-state index in [2.05, 4.69) is 35.9 Å². The Morgan fingerprint density at radius 2 is 1.72 bits per heavy atom. The van der Waals surface area contributed by atoms with Gasteiger partial charge in [-0.05, 0) is 75.2 Å². The number of aryl methyl sites for hydroxylation is 3. The van der Waals surface area contributed by atoms with E-state index in [4.69, 9.17) is 9.72 Å². The van der Waals surface area contributed by atoms with Gasteiger partial charge in [0.2, 0.25) is 0 Å². The maximum Gasteiger partial charge on any atom is 0.251 e. The second-order valence-electron chi connectivity index (χ2n) is 8.35. The van der Waals surface area contributed by atoms with Crippen LogP contribution in [0.3, 0.4) is 0 Å². The average molecular weight is 428 g/mol. The van der Waals surface area contributed by atoms with E-state index in [1.807, 2.05) is 68.4 Å². The van der Waals surface area contributed by atoms with Gasteiger partial charge >= 0.3 is 0 Å². The molecule has 1 aromatic heterocycles. The molecular formula is C27H29N3O2. The molecule has 3 aromatic carbocycles. The normalized spacial score (nSPS) is 12.0. The van der Waals surface area contributed by atoms with E-state index in [9.17, 15) is 4.79 Å². The summed E-state index contributed by atoms with van der Waals surface area (Å²) < 4.78 is 8.19.